The predicted octanol–water partition coefficient (Wildman–Crippen LogP) is 5.36. The molecule has 0 radical (unpaired) electrons. The first kappa shape index (κ1) is 16.3. The second-order valence-corrected chi connectivity index (χ2v) is 5.90. The maximum Gasteiger partial charge on any atom is 0.417 e. The molecule has 6 heteroatoms. The number of nitrogens with two attached hydrogens (primary N) is 1. The van der Waals surface area contributed by atoms with Crippen molar-refractivity contribution in [3.8, 4) is 0 Å². The van der Waals surface area contributed by atoms with E-state index in [4.69, 9.17) is 17.3 Å². The van der Waals surface area contributed by atoms with E-state index in [0.29, 0.717) is 17.0 Å². The summed E-state index contributed by atoms with van der Waals surface area (Å²) in [5.74, 6) is 0. The predicted molar refractivity (Wildman–Crippen MR) is 81.2 cm³/mol. The Morgan fingerprint density at radius 1 is 1.14 bits per heavy atom. The van der Waals surface area contributed by atoms with Gasteiger partial charge in [-0.15, -0.1) is 0 Å². The second-order valence-electron chi connectivity index (χ2n) is 4.64. The van der Waals surface area contributed by atoms with Crippen LogP contribution in [0.2, 0.25) is 5.02 Å². The van der Waals surface area contributed by atoms with E-state index in [1.54, 1.807) is 18.2 Å². The highest BCUT2D eigenvalue weighted by Crippen LogP contribution is 2.36. The van der Waals surface area contributed by atoms with Crippen molar-refractivity contribution in [3.63, 3.8) is 0 Å². The number of hydrogen-bond donors (Lipinski definition) is 1. The summed E-state index contributed by atoms with van der Waals surface area (Å²) in [4.78, 5) is 0. The lowest BCUT2D eigenvalue weighted by molar-refractivity contribution is -0.138. The average Bonchev–Trinajstić information content (AvgIpc) is 2.40. The molecule has 0 fully saturated rings. The molecule has 112 valence electrons. The van der Waals surface area contributed by atoms with Gasteiger partial charge in [-0.1, -0.05) is 51.8 Å². The van der Waals surface area contributed by atoms with E-state index in [1.807, 2.05) is 12.1 Å². The molecule has 0 saturated carbocycles. The van der Waals surface area contributed by atoms with E-state index in [9.17, 15) is 13.2 Å². The zero-order valence-electron chi connectivity index (χ0n) is 10.8. The lowest BCUT2D eigenvalue weighted by atomic mass is 9.98. The molecular formula is C15H12BrClF3N. The van der Waals surface area contributed by atoms with Crippen LogP contribution in [-0.4, -0.2) is 0 Å². The summed E-state index contributed by atoms with van der Waals surface area (Å²) >= 11 is 8.95. The molecule has 0 spiro atoms. The quantitative estimate of drug-likeness (QED) is 0.764. The van der Waals surface area contributed by atoms with Gasteiger partial charge in [-0.25, -0.2) is 0 Å². The summed E-state index contributed by atoms with van der Waals surface area (Å²) in [5, 5.41) is 0.557. The van der Waals surface area contributed by atoms with E-state index in [1.165, 1.54) is 6.07 Å². The Labute approximate surface area is 134 Å². The van der Waals surface area contributed by atoms with Crippen molar-refractivity contribution in [1.29, 1.82) is 0 Å². The number of alkyl halides is 3. The SMILES string of the molecule is NC(Cc1ccccc1Cl)c1ccc(Br)c(C(F)(F)F)c1. The third-order valence-corrected chi connectivity index (χ3v) is 4.18. The van der Waals surface area contributed by atoms with Gasteiger partial charge in [-0.05, 0) is 35.7 Å². The van der Waals surface area contributed by atoms with Crippen molar-refractivity contribution in [2.24, 2.45) is 5.73 Å². The van der Waals surface area contributed by atoms with E-state index < -0.39 is 17.8 Å². The summed E-state index contributed by atoms with van der Waals surface area (Å²) in [6.07, 6.45) is -4.04. The maximum atomic E-state index is 12.9. The van der Waals surface area contributed by atoms with Crippen LogP contribution in [0.3, 0.4) is 0 Å². The second kappa shape index (κ2) is 6.38. The fraction of sp³-hybridized carbons (Fsp3) is 0.200. The van der Waals surface area contributed by atoms with Crippen molar-refractivity contribution in [2.45, 2.75) is 18.6 Å². The minimum absolute atomic E-state index is 0.00342. The molecule has 2 N–H and O–H groups in total. The summed E-state index contributed by atoms with van der Waals surface area (Å²) < 4.78 is 38.7. The van der Waals surface area contributed by atoms with E-state index in [2.05, 4.69) is 15.9 Å². The zero-order valence-corrected chi connectivity index (χ0v) is 13.1. The van der Waals surface area contributed by atoms with Gasteiger partial charge in [0, 0.05) is 15.5 Å². The third-order valence-electron chi connectivity index (χ3n) is 3.12. The summed E-state index contributed by atoms with van der Waals surface area (Å²) in [7, 11) is 0. The smallest absolute Gasteiger partial charge is 0.324 e. The lowest BCUT2D eigenvalue weighted by Gasteiger charge is -2.16. The zero-order chi connectivity index (χ0) is 15.6. The molecule has 1 unspecified atom stereocenters. The normalized spacial score (nSPS) is 13.2. The summed E-state index contributed by atoms with van der Waals surface area (Å²) in [5.41, 5.74) is 6.52. The number of halogens is 5. The van der Waals surface area contributed by atoms with Crippen molar-refractivity contribution in [2.75, 3.05) is 0 Å². The number of rotatable bonds is 3. The van der Waals surface area contributed by atoms with Gasteiger partial charge in [0.25, 0.3) is 0 Å². The van der Waals surface area contributed by atoms with E-state index in [-0.39, 0.29) is 4.47 Å². The van der Waals surface area contributed by atoms with Crippen molar-refractivity contribution < 1.29 is 13.2 Å². The average molecular weight is 379 g/mol. The standard InChI is InChI=1S/C15H12BrClF3N/c16-12-6-5-10(7-11(12)15(18,19)20)14(21)8-9-3-1-2-4-13(9)17/h1-7,14H,8,21H2. The van der Waals surface area contributed by atoms with Crippen LogP contribution in [0.25, 0.3) is 0 Å². The van der Waals surface area contributed by atoms with Gasteiger partial charge >= 0.3 is 6.18 Å². The van der Waals surface area contributed by atoms with Crippen LogP contribution in [0.5, 0.6) is 0 Å². The summed E-state index contributed by atoms with van der Waals surface area (Å²) in [6.45, 7) is 0. The van der Waals surface area contributed by atoms with Crippen LogP contribution >= 0.6 is 27.5 Å². The molecule has 2 rings (SSSR count). The fourth-order valence-corrected chi connectivity index (χ4v) is 2.69. The monoisotopic (exact) mass is 377 g/mol. The van der Waals surface area contributed by atoms with Gasteiger partial charge in [0.15, 0.2) is 0 Å². The molecule has 0 aromatic heterocycles. The van der Waals surface area contributed by atoms with Gasteiger partial charge in [0.1, 0.15) is 0 Å². The Morgan fingerprint density at radius 3 is 2.43 bits per heavy atom. The largest absolute Gasteiger partial charge is 0.417 e. The number of hydrogen-bond acceptors (Lipinski definition) is 1. The first-order valence-corrected chi connectivity index (χ1v) is 7.32. The van der Waals surface area contributed by atoms with E-state index in [0.717, 1.165) is 11.6 Å². The van der Waals surface area contributed by atoms with Crippen molar-refractivity contribution in [1.82, 2.24) is 0 Å². The number of benzene rings is 2. The minimum atomic E-state index is -4.42. The van der Waals surface area contributed by atoms with Gasteiger partial charge in [-0.2, -0.15) is 13.2 Å². The summed E-state index contributed by atoms with van der Waals surface area (Å²) in [6, 6.07) is 10.6. The molecule has 1 atom stereocenters. The Morgan fingerprint density at radius 2 is 1.81 bits per heavy atom. The van der Waals surface area contributed by atoms with Crippen LogP contribution in [0.4, 0.5) is 13.2 Å². The van der Waals surface area contributed by atoms with E-state index >= 15 is 0 Å². The first-order chi connectivity index (χ1) is 9.79. The van der Waals surface area contributed by atoms with Gasteiger partial charge in [0.05, 0.1) is 5.56 Å². The molecular weight excluding hydrogens is 367 g/mol. The topological polar surface area (TPSA) is 26.0 Å². The van der Waals surface area contributed by atoms with Crippen LogP contribution in [0.15, 0.2) is 46.9 Å². The fourth-order valence-electron chi connectivity index (χ4n) is 2.01. The van der Waals surface area contributed by atoms with Crippen LogP contribution < -0.4 is 5.73 Å². The Kier molecular flexibility index (Phi) is 4.96. The molecule has 0 aliphatic rings. The Hall–Kier alpha value is -1.04. The van der Waals surface area contributed by atoms with Crippen LogP contribution in [0.1, 0.15) is 22.7 Å². The Bertz CT molecular complexity index is 643. The molecule has 2 aromatic carbocycles. The van der Waals surface area contributed by atoms with Gasteiger partial charge in [-0.3, -0.25) is 0 Å². The molecule has 0 aliphatic carbocycles. The first-order valence-electron chi connectivity index (χ1n) is 6.14. The minimum Gasteiger partial charge on any atom is -0.324 e. The molecule has 0 aliphatic heterocycles. The molecule has 21 heavy (non-hydrogen) atoms. The molecule has 0 bridgehead atoms. The molecule has 0 amide bonds. The van der Waals surface area contributed by atoms with Gasteiger partial charge < -0.3 is 5.73 Å². The molecule has 0 saturated heterocycles. The Balaban J connectivity index is 2.28. The van der Waals surface area contributed by atoms with Crippen molar-refractivity contribution in [3.05, 3.63) is 68.7 Å². The molecule has 0 heterocycles. The molecule has 2 aromatic rings. The van der Waals surface area contributed by atoms with Gasteiger partial charge in [0.2, 0.25) is 0 Å². The highest BCUT2D eigenvalue weighted by atomic mass is 79.9. The molecule has 1 nitrogen and oxygen atoms in total. The maximum absolute atomic E-state index is 12.9. The van der Waals surface area contributed by atoms with Crippen LogP contribution in [0, 0.1) is 0 Å². The highest BCUT2D eigenvalue weighted by Gasteiger charge is 2.33. The third kappa shape index (κ3) is 3.99. The lowest BCUT2D eigenvalue weighted by Crippen LogP contribution is -2.15. The van der Waals surface area contributed by atoms with Crippen molar-refractivity contribution >= 4 is 27.5 Å². The highest BCUT2D eigenvalue weighted by molar-refractivity contribution is 9.10. The van der Waals surface area contributed by atoms with Crippen LogP contribution in [-0.2, 0) is 12.6 Å².